The average Bonchev–Trinajstić information content (AvgIpc) is 2.23. The maximum Gasteiger partial charge on any atom is 0.200 e. The molecular formula is C9H5F5O. The van der Waals surface area contributed by atoms with E-state index < -0.39 is 46.8 Å². The van der Waals surface area contributed by atoms with Gasteiger partial charge in [-0.05, 0) is 5.57 Å². The molecule has 0 aliphatic heterocycles. The quantitative estimate of drug-likeness (QED) is 0.464. The van der Waals surface area contributed by atoms with Gasteiger partial charge in [0.1, 0.15) is 0 Å². The van der Waals surface area contributed by atoms with Crippen molar-refractivity contribution in [3.8, 4) is 0 Å². The molecule has 0 spiro atoms. The van der Waals surface area contributed by atoms with Gasteiger partial charge < -0.3 is 5.11 Å². The zero-order valence-electron chi connectivity index (χ0n) is 7.25. The highest BCUT2D eigenvalue weighted by Crippen LogP contribution is 2.27. The standard InChI is InChI=1S/C9H5F5O/c1-3(2-15)4-5(10)7(12)9(14)8(13)6(4)11/h15H,1-2H2. The van der Waals surface area contributed by atoms with Crippen LogP contribution in [0.3, 0.4) is 0 Å². The van der Waals surface area contributed by atoms with E-state index in [4.69, 9.17) is 5.11 Å². The van der Waals surface area contributed by atoms with Crippen LogP contribution in [-0.2, 0) is 0 Å². The predicted octanol–water partition coefficient (Wildman–Crippen LogP) is 2.39. The summed E-state index contributed by atoms with van der Waals surface area (Å²) < 4.78 is 63.7. The second-order valence-electron chi connectivity index (χ2n) is 2.71. The van der Waals surface area contributed by atoms with Crippen molar-refractivity contribution in [2.75, 3.05) is 6.61 Å². The van der Waals surface area contributed by atoms with Crippen LogP contribution in [0.2, 0.25) is 0 Å². The van der Waals surface area contributed by atoms with Crippen LogP contribution in [0.5, 0.6) is 0 Å². The second-order valence-corrected chi connectivity index (χ2v) is 2.71. The molecule has 0 unspecified atom stereocenters. The van der Waals surface area contributed by atoms with E-state index in [0.29, 0.717) is 0 Å². The molecule has 15 heavy (non-hydrogen) atoms. The minimum Gasteiger partial charge on any atom is -0.392 e. The Balaban J connectivity index is 3.60. The highest BCUT2D eigenvalue weighted by molar-refractivity contribution is 5.65. The predicted molar refractivity (Wildman–Crippen MR) is 42.4 cm³/mol. The summed E-state index contributed by atoms with van der Waals surface area (Å²) in [7, 11) is 0. The average molecular weight is 224 g/mol. The molecule has 0 heterocycles. The SMILES string of the molecule is C=C(CO)c1c(F)c(F)c(F)c(F)c1F. The fourth-order valence-corrected chi connectivity index (χ4v) is 0.994. The summed E-state index contributed by atoms with van der Waals surface area (Å²) in [4.78, 5) is 0. The van der Waals surface area contributed by atoms with Gasteiger partial charge in [0.05, 0.1) is 12.2 Å². The summed E-state index contributed by atoms with van der Waals surface area (Å²) in [5, 5.41) is 8.52. The van der Waals surface area contributed by atoms with Crippen LogP contribution in [0.25, 0.3) is 5.57 Å². The fraction of sp³-hybridized carbons (Fsp3) is 0.111. The lowest BCUT2D eigenvalue weighted by atomic mass is 10.1. The van der Waals surface area contributed by atoms with Gasteiger partial charge in [-0.15, -0.1) is 0 Å². The normalized spacial score (nSPS) is 10.5. The number of aliphatic hydroxyl groups excluding tert-OH is 1. The largest absolute Gasteiger partial charge is 0.392 e. The van der Waals surface area contributed by atoms with Gasteiger partial charge in [0.15, 0.2) is 23.3 Å². The van der Waals surface area contributed by atoms with Crippen molar-refractivity contribution in [1.29, 1.82) is 0 Å². The maximum atomic E-state index is 12.9. The summed E-state index contributed by atoms with van der Waals surface area (Å²) in [5.74, 6) is -10.3. The molecule has 1 nitrogen and oxygen atoms in total. The highest BCUT2D eigenvalue weighted by atomic mass is 19.2. The van der Waals surface area contributed by atoms with Gasteiger partial charge in [-0.3, -0.25) is 0 Å². The first kappa shape index (κ1) is 11.6. The molecule has 0 aliphatic rings. The van der Waals surface area contributed by atoms with Crippen LogP contribution in [-0.4, -0.2) is 11.7 Å². The second kappa shape index (κ2) is 3.98. The van der Waals surface area contributed by atoms with Gasteiger partial charge in [-0.25, -0.2) is 22.0 Å². The summed E-state index contributed by atoms with van der Waals surface area (Å²) in [6.07, 6.45) is 0. The van der Waals surface area contributed by atoms with Crippen molar-refractivity contribution in [3.63, 3.8) is 0 Å². The van der Waals surface area contributed by atoms with E-state index in [0.717, 1.165) is 0 Å². The molecule has 0 amide bonds. The molecule has 0 aromatic heterocycles. The molecule has 0 bridgehead atoms. The lowest BCUT2D eigenvalue weighted by molar-refractivity contribution is 0.344. The van der Waals surface area contributed by atoms with Crippen LogP contribution in [0, 0.1) is 29.1 Å². The van der Waals surface area contributed by atoms with Gasteiger partial charge in [-0.1, -0.05) is 6.58 Å². The van der Waals surface area contributed by atoms with Gasteiger partial charge in [0, 0.05) is 0 Å². The number of benzene rings is 1. The van der Waals surface area contributed by atoms with Crippen molar-refractivity contribution in [2.24, 2.45) is 0 Å². The molecule has 0 fully saturated rings. The molecule has 82 valence electrons. The smallest absolute Gasteiger partial charge is 0.200 e. The van der Waals surface area contributed by atoms with Crippen LogP contribution in [0.4, 0.5) is 22.0 Å². The van der Waals surface area contributed by atoms with Crippen LogP contribution in [0.1, 0.15) is 5.56 Å². The molecule has 0 radical (unpaired) electrons. The van der Waals surface area contributed by atoms with E-state index in [1.165, 1.54) is 0 Å². The fourth-order valence-electron chi connectivity index (χ4n) is 0.994. The zero-order valence-corrected chi connectivity index (χ0v) is 7.25. The molecule has 1 N–H and O–H groups in total. The number of hydrogen-bond donors (Lipinski definition) is 1. The van der Waals surface area contributed by atoms with Crippen molar-refractivity contribution >= 4 is 5.57 Å². The first-order valence-corrected chi connectivity index (χ1v) is 3.72. The van der Waals surface area contributed by atoms with E-state index in [9.17, 15) is 22.0 Å². The Morgan fingerprint density at radius 3 is 1.53 bits per heavy atom. The summed E-state index contributed by atoms with van der Waals surface area (Å²) in [6, 6.07) is 0. The van der Waals surface area contributed by atoms with Crippen molar-refractivity contribution in [2.45, 2.75) is 0 Å². The third-order valence-corrected chi connectivity index (χ3v) is 1.75. The Hall–Kier alpha value is -1.43. The lowest BCUT2D eigenvalue weighted by Gasteiger charge is -2.08. The van der Waals surface area contributed by atoms with Crippen molar-refractivity contribution < 1.29 is 27.1 Å². The van der Waals surface area contributed by atoms with E-state index in [-0.39, 0.29) is 0 Å². The molecule has 0 atom stereocenters. The van der Waals surface area contributed by atoms with E-state index in [1.807, 2.05) is 0 Å². The van der Waals surface area contributed by atoms with Crippen LogP contribution in [0.15, 0.2) is 6.58 Å². The first-order chi connectivity index (χ1) is 6.91. The number of rotatable bonds is 2. The minimum atomic E-state index is -2.24. The first-order valence-electron chi connectivity index (χ1n) is 3.72. The topological polar surface area (TPSA) is 20.2 Å². The van der Waals surface area contributed by atoms with E-state index in [1.54, 1.807) is 0 Å². The molecule has 1 rings (SSSR count). The Morgan fingerprint density at radius 1 is 0.867 bits per heavy atom. The molecule has 0 saturated heterocycles. The molecule has 0 aliphatic carbocycles. The number of halogens is 5. The number of aliphatic hydroxyl groups is 1. The maximum absolute atomic E-state index is 12.9. The Bertz CT molecular complexity index is 398. The van der Waals surface area contributed by atoms with Gasteiger partial charge in [-0.2, -0.15) is 0 Å². The van der Waals surface area contributed by atoms with E-state index in [2.05, 4.69) is 6.58 Å². The monoisotopic (exact) mass is 224 g/mol. The molecule has 1 aromatic rings. The molecule has 6 heteroatoms. The van der Waals surface area contributed by atoms with Crippen molar-refractivity contribution in [3.05, 3.63) is 41.2 Å². The lowest BCUT2D eigenvalue weighted by Crippen LogP contribution is -2.07. The Labute approximate surface area is 81.5 Å². The van der Waals surface area contributed by atoms with Crippen LogP contribution < -0.4 is 0 Å². The molecular weight excluding hydrogens is 219 g/mol. The highest BCUT2D eigenvalue weighted by Gasteiger charge is 2.26. The van der Waals surface area contributed by atoms with Crippen molar-refractivity contribution in [1.82, 2.24) is 0 Å². The zero-order chi connectivity index (χ0) is 11.7. The Morgan fingerprint density at radius 2 is 1.20 bits per heavy atom. The van der Waals surface area contributed by atoms with Gasteiger partial charge >= 0.3 is 0 Å². The third-order valence-electron chi connectivity index (χ3n) is 1.75. The Kier molecular flexibility index (Phi) is 3.09. The number of hydrogen-bond acceptors (Lipinski definition) is 1. The molecule has 0 saturated carbocycles. The summed E-state index contributed by atoms with van der Waals surface area (Å²) in [5.41, 5.74) is -1.77. The summed E-state index contributed by atoms with van der Waals surface area (Å²) >= 11 is 0. The van der Waals surface area contributed by atoms with Gasteiger partial charge in [0.2, 0.25) is 5.82 Å². The third kappa shape index (κ3) is 1.72. The van der Waals surface area contributed by atoms with Crippen LogP contribution >= 0.6 is 0 Å². The minimum absolute atomic E-state index is 0.581. The molecule has 1 aromatic carbocycles. The summed E-state index contributed by atoms with van der Waals surface area (Å²) in [6.45, 7) is 2.09. The van der Waals surface area contributed by atoms with Gasteiger partial charge in [0.25, 0.3) is 0 Å². The van der Waals surface area contributed by atoms with E-state index >= 15 is 0 Å².